The molecule has 0 bridgehead atoms. The van der Waals surface area contributed by atoms with Gasteiger partial charge in [0, 0.05) is 12.6 Å². The lowest BCUT2D eigenvalue weighted by Crippen LogP contribution is -2.46. The molecule has 1 spiro atoms. The Morgan fingerprint density at radius 1 is 1.12 bits per heavy atom. The number of amides is 2. The van der Waals surface area contributed by atoms with Gasteiger partial charge in [0.2, 0.25) is 5.91 Å². The van der Waals surface area contributed by atoms with Gasteiger partial charge in [-0.3, -0.25) is 9.59 Å². The zero-order valence-electron chi connectivity index (χ0n) is 14.7. The standard InChI is InChI=1S/C20H26N2O3/c1-15-14-21-19(24)20(10-4-5-11-20)12-6-7-13-25-17-9-3-2-8-16(17)18(23)22-15/h2-3,6-9,15H,4-5,10-14H2,1H3,(H,21,24)(H,22,23)/b7-6-/t15-/m0/s1. The van der Waals surface area contributed by atoms with Crippen LogP contribution in [0.5, 0.6) is 5.75 Å². The number of nitrogens with one attached hydrogen (secondary N) is 2. The predicted molar refractivity (Wildman–Crippen MR) is 96.5 cm³/mol. The molecule has 134 valence electrons. The number of ether oxygens (including phenoxy) is 1. The van der Waals surface area contributed by atoms with Gasteiger partial charge < -0.3 is 15.4 Å². The molecular formula is C20H26N2O3. The van der Waals surface area contributed by atoms with Crippen molar-refractivity contribution in [3.63, 3.8) is 0 Å². The molecule has 0 unspecified atom stereocenters. The molecule has 1 saturated carbocycles. The van der Waals surface area contributed by atoms with Crippen molar-refractivity contribution in [2.24, 2.45) is 5.41 Å². The molecule has 1 aliphatic heterocycles. The minimum atomic E-state index is -0.303. The quantitative estimate of drug-likeness (QED) is 0.713. The van der Waals surface area contributed by atoms with Crippen molar-refractivity contribution in [2.75, 3.05) is 13.2 Å². The fraction of sp³-hybridized carbons (Fsp3) is 0.500. The van der Waals surface area contributed by atoms with Gasteiger partial charge in [0.05, 0.1) is 11.0 Å². The van der Waals surface area contributed by atoms with Crippen molar-refractivity contribution in [3.05, 3.63) is 42.0 Å². The van der Waals surface area contributed by atoms with Gasteiger partial charge >= 0.3 is 0 Å². The summed E-state index contributed by atoms with van der Waals surface area (Å²) in [6, 6.07) is 7.08. The Kier molecular flexibility index (Phi) is 5.41. The second-order valence-electron chi connectivity index (χ2n) is 7.05. The summed E-state index contributed by atoms with van der Waals surface area (Å²) < 4.78 is 5.77. The molecule has 1 heterocycles. The predicted octanol–water partition coefficient (Wildman–Crippen LogP) is 2.82. The maximum absolute atomic E-state index is 12.7. The molecule has 25 heavy (non-hydrogen) atoms. The summed E-state index contributed by atoms with van der Waals surface area (Å²) >= 11 is 0. The zero-order valence-corrected chi connectivity index (χ0v) is 14.7. The second-order valence-corrected chi connectivity index (χ2v) is 7.05. The summed E-state index contributed by atoms with van der Waals surface area (Å²) in [5.41, 5.74) is 0.209. The number of hydrogen-bond donors (Lipinski definition) is 2. The third kappa shape index (κ3) is 4.03. The Balaban J connectivity index is 1.81. The average Bonchev–Trinajstić information content (AvgIpc) is 3.09. The lowest BCUT2D eigenvalue weighted by molar-refractivity contribution is -0.130. The van der Waals surface area contributed by atoms with Crippen molar-refractivity contribution < 1.29 is 14.3 Å². The van der Waals surface area contributed by atoms with E-state index in [2.05, 4.69) is 10.6 Å². The Bertz CT molecular complexity index is 663. The smallest absolute Gasteiger partial charge is 0.255 e. The van der Waals surface area contributed by atoms with E-state index in [-0.39, 0.29) is 23.3 Å². The molecule has 3 rings (SSSR count). The Hall–Kier alpha value is -2.30. The van der Waals surface area contributed by atoms with Gasteiger partial charge in [0.15, 0.2) is 0 Å². The number of allylic oxidation sites excluding steroid dienone is 1. The highest BCUT2D eigenvalue weighted by atomic mass is 16.5. The molecule has 0 radical (unpaired) electrons. The van der Waals surface area contributed by atoms with E-state index in [4.69, 9.17) is 4.74 Å². The molecule has 1 atom stereocenters. The van der Waals surface area contributed by atoms with Crippen LogP contribution in [-0.2, 0) is 4.79 Å². The van der Waals surface area contributed by atoms with E-state index >= 15 is 0 Å². The number of para-hydroxylation sites is 1. The first-order valence-electron chi connectivity index (χ1n) is 9.07. The first kappa shape index (κ1) is 17.5. The normalized spacial score (nSPS) is 25.2. The van der Waals surface area contributed by atoms with E-state index in [1.54, 1.807) is 12.1 Å². The first-order chi connectivity index (χ1) is 12.1. The van der Waals surface area contributed by atoms with Gasteiger partial charge in [-0.25, -0.2) is 0 Å². The molecule has 2 aliphatic rings. The SMILES string of the molecule is C[C@H]1CNC(=O)C2(C/C=C\COc3ccccc3C(=O)N1)CCCC2. The number of carbonyl (C=O) groups is 2. The molecule has 1 aliphatic carbocycles. The highest BCUT2D eigenvalue weighted by Crippen LogP contribution is 2.41. The van der Waals surface area contributed by atoms with Crippen LogP contribution in [0, 0.1) is 5.41 Å². The Labute approximate surface area is 148 Å². The fourth-order valence-electron chi connectivity index (χ4n) is 3.66. The minimum Gasteiger partial charge on any atom is -0.489 e. The van der Waals surface area contributed by atoms with E-state index in [1.807, 2.05) is 31.2 Å². The molecule has 2 N–H and O–H groups in total. The summed E-state index contributed by atoms with van der Waals surface area (Å²) in [6.45, 7) is 2.71. The monoisotopic (exact) mass is 342 g/mol. The topological polar surface area (TPSA) is 67.4 Å². The number of rotatable bonds is 0. The summed E-state index contributed by atoms with van der Waals surface area (Å²) in [7, 11) is 0. The number of carbonyl (C=O) groups excluding carboxylic acids is 2. The lowest BCUT2D eigenvalue weighted by Gasteiger charge is -2.27. The van der Waals surface area contributed by atoms with Crippen molar-refractivity contribution in [1.29, 1.82) is 0 Å². The van der Waals surface area contributed by atoms with E-state index in [0.717, 1.165) is 32.1 Å². The van der Waals surface area contributed by atoms with Gasteiger partial charge in [-0.15, -0.1) is 0 Å². The molecule has 1 fully saturated rings. The Morgan fingerprint density at radius 3 is 2.68 bits per heavy atom. The summed E-state index contributed by atoms with van der Waals surface area (Å²) in [6.07, 6.45) is 8.76. The van der Waals surface area contributed by atoms with Gasteiger partial charge in [-0.2, -0.15) is 0 Å². The van der Waals surface area contributed by atoms with Gasteiger partial charge in [0.1, 0.15) is 12.4 Å². The van der Waals surface area contributed by atoms with Gasteiger partial charge in [-0.1, -0.05) is 37.1 Å². The van der Waals surface area contributed by atoms with Crippen LogP contribution in [0.2, 0.25) is 0 Å². The third-order valence-corrected chi connectivity index (χ3v) is 5.13. The van der Waals surface area contributed by atoms with Crippen molar-refractivity contribution >= 4 is 11.8 Å². The number of fused-ring (bicyclic) bond motifs is 1. The number of benzene rings is 1. The molecule has 1 aromatic carbocycles. The molecule has 5 heteroatoms. The third-order valence-electron chi connectivity index (χ3n) is 5.13. The van der Waals surface area contributed by atoms with E-state index in [9.17, 15) is 9.59 Å². The Morgan fingerprint density at radius 2 is 1.88 bits per heavy atom. The van der Waals surface area contributed by atoms with Crippen molar-refractivity contribution in [3.8, 4) is 5.75 Å². The van der Waals surface area contributed by atoms with Crippen LogP contribution >= 0.6 is 0 Å². The fourth-order valence-corrected chi connectivity index (χ4v) is 3.66. The zero-order chi connectivity index (χ0) is 17.7. The van der Waals surface area contributed by atoms with Crippen LogP contribution in [0.3, 0.4) is 0 Å². The molecule has 2 amide bonds. The maximum Gasteiger partial charge on any atom is 0.255 e. The van der Waals surface area contributed by atoms with Crippen LogP contribution < -0.4 is 15.4 Å². The van der Waals surface area contributed by atoms with Crippen LogP contribution in [-0.4, -0.2) is 31.0 Å². The highest BCUT2D eigenvalue weighted by molar-refractivity contribution is 5.97. The minimum absolute atomic E-state index is 0.106. The van der Waals surface area contributed by atoms with E-state index < -0.39 is 0 Å². The maximum atomic E-state index is 12.7. The highest BCUT2D eigenvalue weighted by Gasteiger charge is 2.39. The van der Waals surface area contributed by atoms with Crippen molar-refractivity contribution in [2.45, 2.75) is 45.1 Å². The molecule has 0 saturated heterocycles. The summed E-state index contributed by atoms with van der Waals surface area (Å²) in [5.74, 6) is 0.497. The summed E-state index contributed by atoms with van der Waals surface area (Å²) in [4.78, 5) is 25.2. The van der Waals surface area contributed by atoms with Crippen molar-refractivity contribution in [1.82, 2.24) is 10.6 Å². The van der Waals surface area contributed by atoms with Gasteiger partial charge in [-0.05, 0) is 38.3 Å². The van der Waals surface area contributed by atoms with Crippen LogP contribution in [0.1, 0.15) is 49.4 Å². The molecule has 0 aromatic heterocycles. The van der Waals surface area contributed by atoms with Crippen LogP contribution in [0.15, 0.2) is 36.4 Å². The van der Waals surface area contributed by atoms with Gasteiger partial charge in [0.25, 0.3) is 5.91 Å². The van der Waals surface area contributed by atoms with Crippen LogP contribution in [0.4, 0.5) is 0 Å². The van der Waals surface area contributed by atoms with E-state index in [1.165, 1.54) is 0 Å². The lowest BCUT2D eigenvalue weighted by atomic mass is 9.81. The second kappa shape index (κ2) is 7.72. The largest absolute Gasteiger partial charge is 0.489 e. The first-order valence-corrected chi connectivity index (χ1v) is 9.07. The average molecular weight is 342 g/mol. The molecular weight excluding hydrogens is 316 g/mol. The van der Waals surface area contributed by atoms with E-state index in [0.29, 0.717) is 24.5 Å². The summed E-state index contributed by atoms with van der Waals surface area (Å²) in [5, 5.41) is 5.98. The molecule has 5 nitrogen and oxygen atoms in total. The number of hydrogen-bond acceptors (Lipinski definition) is 3. The molecule has 1 aromatic rings. The van der Waals surface area contributed by atoms with Crippen LogP contribution in [0.25, 0.3) is 0 Å².